The van der Waals surface area contributed by atoms with Gasteiger partial charge in [0.1, 0.15) is 11.4 Å². The van der Waals surface area contributed by atoms with Crippen molar-refractivity contribution < 1.29 is 14.3 Å². The van der Waals surface area contributed by atoms with Gasteiger partial charge >= 0.3 is 5.97 Å². The zero-order valence-corrected chi connectivity index (χ0v) is 9.40. The summed E-state index contributed by atoms with van der Waals surface area (Å²) in [4.78, 5) is 12.8. The number of nitrogens with two attached hydrogens (primary N) is 1. The van der Waals surface area contributed by atoms with Gasteiger partial charge in [-0.15, -0.1) is 0 Å². The number of para-hydroxylation sites is 1. The van der Waals surface area contributed by atoms with Crippen molar-refractivity contribution in [3.63, 3.8) is 0 Å². The Morgan fingerprint density at radius 2 is 1.94 bits per heavy atom. The van der Waals surface area contributed by atoms with E-state index >= 15 is 0 Å². The van der Waals surface area contributed by atoms with E-state index in [1.165, 1.54) is 6.07 Å². The van der Waals surface area contributed by atoms with Gasteiger partial charge in [0.2, 0.25) is 0 Å². The van der Waals surface area contributed by atoms with Crippen LogP contribution in [0.4, 0.5) is 10.1 Å². The van der Waals surface area contributed by atoms with Crippen molar-refractivity contribution in [3.05, 3.63) is 30.1 Å². The predicted octanol–water partition coefficient (Wildman–Crippen LogP) is 1.21. The van der Waals surface area contributed by atoms with E-state index < -0.39 is 11.5 Å². The fourth-order valence-electron chi connectivity index (χ4n) is 2.07. The molecule has 5 heteroatoms. The Morgan fingerprint density at radius 1 is 1.35 bits per heavy atom. The quantitative estimate of drug-likeness (QED) is 0.812. The molecular weight excluding hydrogens is 223 g/mol. The van der Waals surface area contributed by atoms with Crippen molar-refractivity contribution in [3.8, 4) is 0 Å². The maximum Gasteiger partial charge on any atom is 0.323 e. The third-order valence-corrected chi connectivity index (χ3v) is 3.27. The Morgan fingerprint density at radius 3 is 2.47 bits per heavy atom. The molecule has 1 aliphatic heterocycles. The monoisotopic (exact) mass is 238 g/mol. The molecular formula is C12H15FN2O2. The fraction of sp³-hybridized carbons (Fsp3) is 0.417. The van der Waals surface area contributed by atoms with Gasteiger partial charge in [0.15, 0.2) is 0 Å². The third-order valence-electron chi connectivity index (χ3n) is 3.27. The SMILES string of the molecule is NC1(C(=O)O)CCN(c2ccccc2F)CC1. The molecule has 2 rings (SSSR count). The van der Waals surface area contributed by atoms with Crippen LogP contribution in [0.15, 0.2) is 24.3 Å². The minimum absolute atomic E-state index is 0.285. The Balaban J connectivity index is 2.10. The molecule has 4 nitrogen and oxygen atoms in total. The Kier molecular flexibility index (Phi) is 3.02. The summed E-state index contributed by atoms with van der Waals surface area (Å²) in [5, 5.41) is 8.99. The molecule has 0 atom stereocenters. The van der Waals surface area contributed by atoms with E-state index in [1.807, 2.05) is 4.90 Å². The molecule has 0 radical (unpaired) electrons. The molecule has 0 amide bonds. The number of hydrogen-bond donors (Lipinski definition) is 2. The molecule has 1 heterocycles. The van der Waals surface area contributed by atoms with Gasteiger partial charge < -0.3 is 15.7 Å². The number of benzene rings is 1. The molecule has 17 heavy (non-hydrogen) atoms. The summed E-state index contributed by atoms with van der Waals surface area (Å²) in [7, 11) is 0. The number of carboxylic acid groups (broad SMARTS) is 1. The lowest BCUT2D eigenvalue weighted by atomic mass is 9.88. The van der Waals surface area contributed by atoms with Crippen LogP contribution in [0.5, 0.6) is 0 Å². The van der Waals surface area contributed by atoms with Crippen LogP contribution in [0.1, 0.15) is 12.8 Å². The average molecular weight is 238 g/mol. The van der Waals surface area contributed by atoms with Crippen molar-refractivity contribution in [2.75, 3.05) is 18.0 Å². The molecule has 0 saturated carbocycles. The Bertz CT molecular complexity index is 428. The highest BCUT2D eigenvalue weighted by molar-refractivity contribution is 5.79. The first kappa shape index (κ1) is 11.9. The smallest absolute Gasteiger partial charge is 0.323 e. The Hall–Kier alpha value is -1.62. The molecule has 0 aliphatic carbocycles. The van der Waals surface area contributed by atoms with Crippen LogP contribution in [0.2, 0.25) is 0 Å². The molecule has 1 saturated heterocycles. The molecule has 1 aliphatic rings. The van der Waals surface area contributed by atoms with E-state index in [0.29, 0.717) is 31.6 Å². The fourth-order valence-corrected chi connectivity index (χ4v) is 2.07. The maximum absolute atomic E-state index is 13.5. The summed E-state index contributed by atoms with van der Waals surface area (Å²) >= 11 is 0. The van der Waals surface area contributed by atoms with Crippen LogP contribution in [0.25, 0.3) is 0 Å². The lowest BCUT2D eigenvalue weighted by molar-refractivity contribution is -0.144. The van der Waals surface area contributed by atoms with E-state index in [-0.39, 0.29) is 5.82 Å². The second-order valence-corrected chi connectivity index (χ2v) is 4.40. The number of anilines is 1. The molecule has 92 valence electrons. The summed E-state index contributed by atoms with van der Waals surface area (Å²) in [6, 6.07) is 6.49. The molecule has 0 bridgehead atoms. The lowest BCUT2D eigenvalue weighted by Gasteiger charge is -2.37. The molecule has 1 aromatic rings. The minimum atomic E-state index is -1.16. The van der Waals surface area contributed by atoms with Crippen LogP contribution in [-0.4, -0.2) is 29.7 Å². The zero-order chi connectivity index (χ0) is 12.5. The maximum atomic E-state index is 13.5. The van der Waals surface area contributed by atoms with E-state index in [9.17, 15) is 9.18 Å². The summed E-state index contributed by atoms with van der Waals surface area (Å²) in [5.74, 6) is -1.27. The van der Waals surface area contributed by atoms with Gasteiger partial charge in [0, 0.05) is 13.1 Å². The first-order chi connectivity index (χ1) is 8.03. The normalized spacial score (nSPS) is 19.1. The minimum Gasteiger partial charge on any atom is -0.480 e. The first-order valence-corrected chi connectivity index (χ1v) is 5.55. The largest absolute Gasteiger partial charge is 0.480 e. The van der Waals surface area contributed by atoms with Gasteiger partial charge in [-0.1, -0.05) is 12.1 Å². The topological polar surface area (TPSA) is 66.6 Å². The number of nitrogens with zero attached hydrogens (tertiary/aromatic N) is 1. The van der Waals surface area contributed by atoms with Crippen LogP contribution in [0, 0.1) is 5.82 Å². The summed E-state index contributed by atoms with van der Waals surface area (Å²) < 4.78 is 13.5. The van der Waals surface area contributed by atoms with Gasteiger partial charge in [0.25, 0.3) is 0 Å². The van der Waals surface area contributed by atoms with E-state index in [4.69, 9.17) is 10.8 Å². The number of aliphatic carboxylic acids is 1. The van der Waals surface area contributed by atoms with Crippen molar-refractivity contribution in [1.82, 2.24) is 0 Å². The van der Waals surface area contributed by atoms with Gasteiger partial charge in [-0.2, -0.15) is 0 Å². The molecule has 0 aromatic heterocycles. The van der Waals surface area contributed by atoms with Crippen molar-refractivity contribution in [2.24, 2.45) is 5.73 Å². The number of hydrogen-bond acceptors (Lipinski definition) is 3. The Labute approximate surface area is 98.8 Å². The summed E-state index contributed by atoms with van der Waals surface area (Å²) in [6.07, 6.45) is 0.660. The predicted molar refractivity (Wildman–Crippen MR) is 62.4 cm³/mol. The summed E-state index contributed by atoms with van der Waals surface area (Å²) in [5.41, 5.74) is 5.11. The average Bonchev–Trinajstić information content (AvgIpc) is 2.31. The lowest BCUT2D eigenvalue weighted by Crippen LogP contribution is -2.55. The van der Waals surface area contributed by atoms with Crippen molar-refractivity contribution in [1.29, 1.82) is 0 Å². The second-order valence-electron chi connectivity index (χ2n) is 4.40. The molecule has 0 unspecified atom stereocenters. The number of carbonyl (C=O) groups is 1. The standard InChI is InChI=1S/C12H15FN2O2/c13-9-3-1-2-4-10(9)15-7-5-12(14,6-8-15)11(16)17/h1-4H,5-8,14H2,(H,16,17). The molecule has 1 aromatic carbocycles. The number of halogens is 1. The van der Waals surface area contributed by atoms with E-state index in [0.717, 1.165) is 0 Å². The molecule has 1 fully saturated rings. The highest BCUT2D eigenvalue weighted by atomic mass is 19.1. The summed E-state index contributed by atoms with van der Waals surface area (Å²) in [6.45, 7) is 0.924. The van der Waals surface area contributed by atoms with Gasteiger partial charge in [-0.3, -0.25) is 4.79 Å². The highest BCUT2D eigenvalue weighted by Crippen LogP contribution is 2.26. The van der Waals surface area contributed by atoms with E-state index in [2.05, 4.69) is 0 Å². The third kappa shape index (κ3) is 2.24. The zero-order valence-electron chi connectivity index (χ0n) is 9.40. The van der Waals surface area contributed by atoms with Crippen LogP contribution in [-0.2, 0) is 4.79 Å². The van der Waals surface area contributed by atoms with Crippen molar-refractivity contribution in [2.45, 2.75) is 18.4 Å². The van der Waals surface area contributed by atoms with Crippen molar-refractivity contribution >= 4 is 11.7 Å². The molecule has 3 N–H and O–H groups in total. The van der Waals surface area contributed by atoms with Crippen LogP contribution in [0.3, 0.4) is 0 Å². The van der Waals surface area contributed by atoms with Gasteiger partial charge in [-0.05, 0) is 25.0 Å². The van der Waals surface area contributed by atoms with Gasteiger partial charge in [0.05, 0.1) is 5.69 Å². The number of carboxylic acids is 1. The first-order valence-electron chi connectivity index (χ1n) is 5.55. The second kappa shape index (κ2) is 4.33. The molecule has 0 spiro atoms. The van der Waals surface area contributed by atoms with Crippen LogP contribution < -0.4 is 10.6 Å². The highest BCUT2D eigenvalue weighted by Gasteiger charge is 2.37. The van der Waals surface area contributed by atoms with Gasteiger partial charge in [-0.25, -0.2) is 4.39 Å². The van der Waals surface area contributed by atoms with Crippen LogP contribution >= 0.6 is 0 Å². The van der Waals surface area contributed by atoms with E-state index in [1.54, 1.807) is 18.2 Å². The number of rotatable bonds is 2. The number of piperidine rings is 1.